The molecule has 38 heavy (non-hydrogen) atoms. The molecular formula is C27H35N3O6S2. The van der Waals surface area contributed by atoms with Crippen LogP contribution in [0, 0.1) is 0 Å². The van der Waals surface area contributed by atoms with Gasteiger partial charge in [0.2, 0.25) is 20.0 Å². The van der Waals surface area contributed by atoms with E-state index < -0.39 is 20.0 Å². The van der Waals surface area contributed by atoms with Crippen LogP contribution in [-0.2, 0) is 24.9 Å². The second-order valence-corrected chi connectivity index (χ2v) is 13.8. The highest BCUT2D eigenvalue weighted by Gasteiger charge is 2.31. The maximum atomic E-state index is 13.2. The highest BCUT2D eigenvalue weighted by Crippen LogP contribution is 2.39. The lowest BCUT2D eigenvalue weighted by molar-refractivity contribution is 0.0989. The Balaban J connectivity index is 1.48. The molecule has 0 spiro atoms. The Morgan fingerprint density at radius 1 is 0.711 bits per heavy atom. The number of rotatable bonds is 9. The van der Waals surface area contributed by atoms with Gasteiger partial charge < -0.3 is 9.94 Å². The van der Waals surface area contributed by atoms with E-state index in [1.54, 1.807) is 36.4 Å². The summed E-state index contributed by atoms with van der Waals surface area (Å²) in [5, 5.41) is 13.4. The Bertz CT molecular complexity index is 1310. The highest BCUT2D eigenvalue weighted by atomic mass is 32.2. The summed E-state index contributed by atoms with van der Waals surface area (Å²) >= 11 is 0. The molecule has 0 aliphatic heterocycles. The maximum Gasteiger partial charge on any atom is 0.240 e. The molecule has 0 bridgehead atoms. The highest BCUT2D eigenvalue weighted by molar-refractivity contribution is 7.89. The molecule has 0 saturated heterocycles. The predicted molar refractivity (Wildman–Crippen MR) is 145 cm³/mol. The van der Waals surface area contributed by atoms with Crippen LogP contribution in [0.15, 0.2) is 51.3 Å². The quantitative estimate of drug-likeness (QED) is 0.270. The second kappa shape index (κ2) is 11.4. The van der Waals surface area contributed by atoms with Crippen LogP contribution in [0.2, 0.25) is 0 Å². The SMILES string of the molecule is O=S(=O)(NC1CCCCC1)c1ccc2c(c1)C(=NOCCO)c1cc(S(=O)(=O)NC3CCCCC3)ccc1-2. The summed E-state index contributed by atoms with van der Waals surface area (Å²) < 4.78 is 58.5. The molecule has 2 aromatic rings. The minimum absolute atomic E-state index is 0.0450. The predicted octanol–water partition coefficient (Wildman–Crippen LogP) is 3.65. The molecular weight excluding hydrogens is 526 g/mol. The van der Waals surface area contributed by atoms with Gasteiger partial charge in [-0.25, -0.2) is 26.3 Å². The second-order valence-electron chi connectivity index (χ2n) is 10.3. The Morgan fingerprint density at radius 2 is 1.16 bits per heavy atom. The lowest BCUT2D eigenvalue weighted by Crippen LogP contribution is -2.36. The van der Waals surface area contributed by atoms with Crippen molar-refractivity contribution in [3.05, 3.63) is 47.5 Å². The molecule has 0 atom stereocenters. The Hall–Kier alpha value is -2.31. The molecule has 5 rings (SSSR count). The van der Waals surface area contributed by atoms with Crippen LogP contribution in [0.4, 0.5) is 0 Å². The topological polar surface area (TPSA) is 134 Å². The Kier molecular flexibility index (Phi) is 8.20. The first-order chi connectivity index (χ1) is 18.3. The summed E-state index contributed by atoms with van der Waals surface area (Å²) in [5.74, 6) is 0. The van der Waals surface area contributed by atoms with Crippen molar-refractivity contribution in [3.63, 3.8) is 0 Å². The summed E-state index contributed by atoms with van der Waals surface area (Å²) in [4.78, 5) is 5.53. The van der Waals surface area contributed by atoms with Gasteiger partial charge in [-0.1, -0.05) is 55.8 Å². The van der Waals surface area contributed by atoms with Gasteiger partial charge in [-0.05, 0) is 61.1 Å². The number of sulfonamides is 2. The zero-order valence-electron chi connectivity index (χ0n) is 21.4. The van der Waals surface area contributed by atoms with E-state index >= 15 is 0 Å². The Morgan fingerprint density at radius 3 is 1.58 bits per heavy atom. The third-order valence-corrected chi connectivity index (χ3v) is 10.6. The van der Waals surface area contributed by atoms with Crippen molar-refractivity contribution in [2.24, 2.45) is 5.16 Å². The van der Waals surface area contributed by atoms with Crippen LogP contribution >= 0.6 is 0 Å². The molecule has 0 radical (unpaired) electrons. The van der Waals surface area contributed by atoms with E-state index in [0.29, 0.717) is 16.8 Å². The van der Waals surface area contributed by atoms with Crippen molar-refractivity contribution in [1.82, 2.24) is 9.44 Å². The standard InChI is InChI=1S/C27H35N3O6S2/c31-15-16-36-28-27-25-17-21(37(32,33)29-19-7-3-1-4-8-19)11-13-23(25)24-14-12-22(18-26(24)27)38(34,35)30-20-9-5-2-6-10-20/h11-14,17-20,29-31H,1-10,15-16H2. The summed E-state index contributed by atoms with van der Waals surface area (Å²) in [6.45, 7) is -0.285. The molecule has 2 fully saturated rings. The minimum Gasteiger partial charge on any atom is -0.393 e. The summed E-state index contributed by atoms with van der Waals surface area (Å²) in [6.07, 6.45) is 9.56. The van der Waals surface area contributed by atoms with E-state index in [0.717, 1.165) is 75.3 Å². The average molecular weight is 562 g/mol. The van der Waals surface area contributed by atoms with Crippen molar-refractivity contribution < 1.29 is 26.8 Å². The van der Waals surface area contributed by atoms with Crippen molar-refractivity contribution in [3.8, 4) is 11.1 Å². The molecule has 206 valence electrons. The molecule has 0 heterocycles. The summed E-state index contributed by atoms with van der Waals surface area (Å²) in [5.41, 5.74) is 2.91. The van der Waals surface area contributed by atoms with E-state index in [1.165, 1.54) is 0 Å². The van der Waals surface area contributed by atoms with Crippen LogP contribution in [0.1, 0.15) is 75.3 Å². The molecule has 3 N–H and O–H groups in total. The number of aliphatic hydroxyl groups excluding tert-OH is 1. The number of aliphatic hydroxyl groups is 1. The van der Waals surface area contributed by atoms with Gasteiger partial charge in [0.25, 0.3) is 0 Å². The molecule has 2 aromatic carbocycles. The van der Waals surface area contributed by atoms with Crippen LogP contribution in [0.5, 0.6) is 0 Å². The van der Waals surface area contributed by atoms with E-state index in [-0.39, 0.29) is 35.1 Å². The fourth-order valence-electron chi connectivity index (χ4n) is 5.65. The summed E-state index contributed by atoms with van der Waals surface area (Å²) in [7, 11) is -7.51. The van der Waals surface area contributed by atoms with Gasteiger partial charge in [0.05, 0.1) is 16.4 Å². The first-order valence-electron chi connectivity index (χ1n) is 13.4. The smallest absolute Gasteiger partial charge is 0.240 e. The van der Waals surface area contributed by atoms with Gasteiger partial charge in [0.1, 0.15) is 12.3 Å². The number of hydrogen-bond donors (Lipinski definition) is 3. The molecule has 3 aliphatic carbocycles. The van der Waals surface area contributed by atoms with E-state index in [2.05, 4.69) is 14.6 Å². The van der Waals surface area contributed by atoms with Gasteiger partial charge in [-0.15, -0.1) is 0 Å². The van der Waals surface area contributed by atoms with E-state index in [1.807, 2.05) is 0 Å². The van der Waals surface area contributed by atoms with E-state index in [9.17, 15) is 21.9 Å². The van der Waals surface area contributed by atoms with Gasteiger partial charge >= 0.3 is 0 Å². The number of benzene rings is 2. The first-order valence-corrected chi connectivity index (χ1v) is 16.4. The van der Waals surface area contributed by atoms with Gasteiger partial charge in [-0.2, -0.15) is 0 Å². The fraction of sp³-hybridized carbons (Fsp3) is 0.519. The number of oxime groups is 1. The summed E-state index contributed by atoms with van der Waals surface area (Å²) in [6, 6.07) is 9.57. The third kappa shape index (κ3) is 5.81. The Labute approximate surface area is 224 Å². The molecule has 0 aromatic heterocycles. The van der Waals surface area contributed by atoms with Crippen molar-refractivity contribution in [2.45, 2.75) is 86.1 Å². The van der Waals surface area contributed by atoms with Gasteiger partial charge in [0.15, 0.2) is 0 Å². The lowest BCUT2D eigenvalue weighted by atomic mass is 9.96. The lowest BCUT2D eigenvalue weighted by Gasteiger charge is -2.22. The maximum absolute atomic E-state index is 13.2. The number of nitrogens with one attached hydrogen (secondary N) is 2. The van der Waals surface area contributed by atoms with Crippen molar-refractivity contribution in [1.29, 1.82) is 0 Å². The minimum atomic E-state index is -3.76. The molecule has 2 saturated carbocycles. The van der Waals surface area contributed by atoms with Crippen molar-refractivity contribution >= 4 is 25.8 Å². The van der Waals surface area contributed by atoms with Gasteiger partial charge in [-0.3, -0.25) is 0 Å². The van der Waals surface area contributed by atoms with Gasteiger partial charge in [0, 0.05) is 23.2 Å². The van der Waals surface area contributed by atoms with Crippen molar-refractivity contribution in [2.75, 3.05) is 13.2 Å². The third-order valence-electron chi connectivity index (χ3n) is 7.60. The molecule has 0 unspecified atom stereocenters. The zero-order chi connectivity index (χ0) is 26.8. The van der Waals surface area contributed by atoms with E-state index in [4.69, 9.17) is 4.84 Å². The largest absolute Gasteiger partial charge is 0.393 e. The van der Waals surface area contributed by atoms with Crippen LogP contribution in [0.3, 0.4) is 0 Å². The molecule has 0 amide bonds. The number of nitrogens with zero attached hydrogens (tertiary/aromatic N) is 1. The molecule has 9 nitrogen and oxygen atoms in total. The fourth-order valence-corrected chi connectivity index (χ4v) is 8.31. The van der Waals surface area contributed by atoms with Crippen LogP contribution in [0.25, 0.3) is 11.1 Å². The first kappa shape index (κ1) is 27.3. The average Bonchev–Trinajstić information content (AvgIpc) is 3.22. The van der Waals surface area contributed by atoms with Crippen LogP contribution < -0.4 is 9.44 Å². The van der Waals surface area contributed by atoms with Crippen LogP contribution in [-0.4, -0.2) is 53.0 Å². The number of fused-ring (bicyclic) bond motifs is 3. The monoisotopic (exact) mass is 561 g/mol. The zero-order valence-corrected chi connectivity index (χ0v) is 23.0. The molecule has 3 aliphatic rings. The normalized spacial score (nSPS) is 18.7. The number of hydrogen-bond acceptors (Lipinski definition) is 7. The molecule has 11 heteroatoms.